The number of unbranched alkanes of at least 4 members (excludes halogenated alkanes) is 1. The van der Waals surface area contributed by atoms with Crippen molar-refractivity contribution in [3.8, 4) is 39.6 Å². The van der Waals surface area contributed by atoms with E-state index in [9.17, 15) is 9.90 Å². The van der Waals surface area contributed by atoms with E-state index in [4.69, 9.17) is 4.42 Å². The number of phenolic OH excluding ortho intramolecular Hbond substituents is 1. The zero-order chi connectivity index (χ0) is 23.5. The molecule has 2 heterocycles. The summed E-state index contributed by atoms with van der Waals surface area (Å²) in [7, 11) is 0. The highest BCUT2D eigenvalue weighted by atomic mass is 32.1. The fourth-order valence-electron chi connectivity index (χ4n) is 4.00. The molecule has 0 aliphatic heterocycles. The second-order valence-electron chi connectivity index (χ2n) is 8.12. The summed E-state index contributed by atoms with van der Waals surface area (Å²) in [4.78, 5) is 17.0. The highest BCUT2D eigenvalue weighted by molar-refractivity contribution is 7.08. The zero-order valence-corrected chi connectivity index (χ0v) is 19.6. The number of carbonyl (C=O) groups is 1. The minimum absolute atomic E-state index is 0.0624. The summed E-state index contributed by atoms with van der Waals surface area (Å²) in [5.41, 5.74) is 3.82. The minimum Gasteiger partial charge on any atom is -0.507 e. The Morgan fingerprint density at radius 3 is 2.68 bits per heavy atom. The molecule has 0 atom stereocenters. The maximum atomic E-state index is 12.4. The Kier molecular flexibility index (Phi) is 6.14. The molecule has 5 rings (SSSR count). The van der Waals surface area contributed by atoms with Crippen LogP contribution in [0.25, 0.3) is 44.6 Å². The van der Waals surface area contributed by atoms with E-state index in [1.54, 1.807) is 23.5 Å². The number of phenols is 1. The van der Waals surface area contributed by atoms with Gasteiger partial charge in [0, 0.05) is 17.4 Å². The third kappa shape index (κ3) is 4.32. The van der Waals surface area contributed by atoms with E-state index in [0.29, 0.717) is 23.6 Å². The lowest BCUT2D eigenvalue weighted by Crippen LogP contribution is -2.10. The Labute approximate surface area is 201 Å². The number of nitrogens with zero attached hydrogens (tertiary/aromatic N) is 1. The lowest BCUT2D eigenvalue weighted by Gasteiger charge is -2.09. The Balaban J connectivity index is 1.52. The van der Waals surface area contributed by atoms with Gasteiger partial charge in [-0.1, -0.05) is 61.9 Å². The van der Waals surface area contributed by atoms with E-state index >= 15 is 0 Å². The van der Waals surface area contributed by atoms with Crippen molar-refractivity contribution in [2.45, 2.75) is 26.2 Å². The molecule has 34 heavy (non-hydrogen) atoms. The van der Waals surface area contributed by atoms with Crippen LogP contribution in [0.5, 0.6) is 5.75 Å². The lowest BCUT2D eigenvalue weighted by molar-refractivity contribution is -0.116. The average Bonchev–Trinajstić information content (AvgIpc) is 3.52. The molecule has 0 saturated carbocycles. The first-order valence-corrected chi connectivity index (χ1v) is 12.2. The molecular formula is C28H24N2O3S. The van der Waals surface area contributed by atoms with Crippen LogP contribution in [0, 0.1) is 0 Å². The number of thiophene rings is 1. The van der Waals surface area contributed by atoms with E-state index in [0.717, 1.165) is 40.3 Å². The molecule has 2 aromatic heterocycles. The summed E-state index contributed by atoms with van der Waals surface area (Å²) in [6, 6.07) is 21.7. The van der Waals surface area contributed by atoms with E-state index < -0.39 is 0 Å². The van der Waals surface area contributed by atoms with Gasteiger partial charge in [-0.3, -0.25) is 10.1 Å². The molecule has 1 amide bonds. The van der Waals surface area contributed by atoms with Gasteiger partial charge in [-0.25, -0.2) is 4.98 Å². The zero-order valence-electron chi connectivity index (χ0n) is 18.7. The van der Waals surface area contributed by atoms with Gasteiger partial charge in [0.15, 0.2) is 0 Å². The van der Waals surface area contributed by atoms with Crippen LogP contribution in [0.2, 0.25) is 0 Å². The quantitative estimate of drug-likeness (QED) is 0.256. The molecule has 2 N–H and O–H groups in total. The molecule has 0 spiro atoms. The van der Waals surface area contributed by atoms with Crippen molar-refractivity contribution in [3.63, 3.8) is 0 Å². The number of aromatic hydroxyl groups is 1. The second kappa shape index (κ2) is 9.53. The fraction of sp³-hybridized carbons (Fsp3) is 0.143. The molecule has 0 aliphatic rings. The number of benzene rings is 3. The topological polar surface area (TPSA) is 75.4 Å². The van der Waals surface area contributed by atoms with Crippen LogP contribution in [-0.4, -0.2) is 16.0 Å². The van der Waals surface area contributed by atoms with Crippen molar-refractivity contribution in [1.29, 1.82) is 0 Å². The summed E-state index contributed by atoms with van der Waals surface area (Å²) >= 11 is 1.54. The van der Waals surface area contributed by atoms with Crippen molar-refractivity contribution < 1.29 is 14.3 Å². The standard InChI is InChI=1S/C28H24N2O3S/c1-2-3-11-25(32)29-28-26(20-14-15-34-17-20)30-27(33-28)23-13-12-19(16-24(23)31)22-10-6-8-18-7-4-5-9-21(18)22/h4-10,12-17,31H,2-3,11H2,1H3,(H,29,32). The predicted molar refractivity (Wildman–Crippen MR) is 138 cm³/mol. The Bertz CT molecular complexity index is 1450. The number of carbonyl (C=O) groups excluding carboxylic acids is 1. The molecule has 6 heteroatoms. The largest absolute Gasteiger partial charge is 0.507 e. The highest BCUT2D eigenvalue weighted by Gasteiger charge is 2.21. The first kappa shape index (κ1) is 21.9. The number of hydrogen-bond donors (Lipinski definition) is 2. The molecule has 0 radical (unpaired) electrons. The van der Waals surface area contributed by atoms with Crippen molar-refractivity contribution in [2.24, 2.45) is 0 Å². The predicted octanol–water partition coefficient (Wildman–Crippen LogP) is 7.72. The van der Waals surface area contributed by atoms with E-state index in [-0.39, 0.29) is 17.5 Å². The van der Waals surface area contributed by atoms with Crippen LogP contribution in [0.15, 0.2) is 81.9 Å². The van der Waals surface area contributed by atoms with Crippen LogP contribution in [0.1, 0.15) is 26.2 Å². The number of nitrogens with one attached hydrogen (secondary N) is 1. The first-order chi connectivity index (χ1) is 16.6. The Hall–Kier alpha value is -3.90. The van der Waals surface area contributed by atoms with Gasteiger partial charge in [0.1, 0.15) is 11.4 Å². The van der Waals surface area contributed by atoms with Crippen molar-refractivity contribution in [2.75, 3.05) is 5.32 Å². The first-order valence-electron chi connectivity index (χ1n) is 11.3. The minimum atomic E-state index is -0.114. The van der Waals surface area contributed by atoms with Crippen LogP contribution in [0.4, 0.5) is 5.88 Å². The monoisotopic (exact) mass is 468 g/mol. The van der Waals surface area contributed by atoms with Gasteiger partial charge in [0.05, 0.1) is 5.56 Å². The number of rotatable bonds is 7. The average molecular weight is 469 g/mol. The smallest absolute Gasteiger partial charge is 0.233 e. The number of anilines is 1. The molecule has 5 aromatic rings. The summed E-state index contributed by atoms with van der Waals surface area (Å²) in [6.45, 7) is 2.04. The molecule has 0 aliphatic carbocycles. The maximum absolute atomic E-state index is 12.4. The third-order valence-corrected chi connectivity index (χ3v) is 6.44. The van der Waals surface area contributed by atoms with Crippen molar-refractivity contribution in [1.82, 2.24) is 4.98 Å². The SMILES string of the molecule is CCCCC(=O)Nc1oc(-c2ccc(-c3cccc4ccccc34)cc2O)nc1-c1ccsc1. The molecule has 0 saturated heterocycles. The number of amides is 1. The molecule has 0 unspecified atom stereocenters. The summed E-state index contributed by atoms with van der Waals surface area (Å²) < 4.78 is 5.97. The molecule has 170 valence electrons. The molecular weight excluding hydrogens is 444 g/mol. The number of fused-ring (bicyclic) bond motifs is 1. The highest BCUT2D eigenvalue weighted by Crippen LogP contribution is 2.39. The van der Waals surface area contributed by atoms with Crippen LogP contribution < -0.4 is 5.32 Å². The Morgan fingerprint density at radius 1 is 1.03 bits per heavy atom. The van der Waals surface area contributed by atoms with Crippen LogP contribution in [-0.2, 0) is 4.79 Å². The molecule has 3 aromatic carbocycles. The lowest BCUT2D eigenvalue weighted by atomic mass is 9.97. The fourth-order valence-corrected chi connectivity index (χ4v) is 4.64. The van der Waals surface area contributed by atoms with Crippen molar-refractivity contribution >= 4 is 33.9 Å². The molecule has 5 nitrogen and oxygen atoms in total. The second-order valence-corrected chi connectivity index (χ2v) is 8.90. The summed E-state index contributed by atoms with van der Waals surface area (Å²) in [5.74, 6) is 0.505. The summed E-state index contributed by atoms with van der Waals surface area (Å²) in [6.07, 6.45) is 2.15. The number of hydrogen-bond acceptors (Lipinski definition) is 5. The number of oxazole rings is 1. The van der Waals surface area contributed by atoms with E-state index in [1.807, 2.05) is 54.1 Å². The molecule has 0 bridgehead atoms. The Morgan fingerprint density at radius 2 is 1.88 bits per heavy atom. The van der Waals surface area contributed by atoms with Crippen LogP contribution >= 0.6 is 11.3 Å². The van der Waals surface area contributed by atoms with Gasteiger partial charge < -0.3 is 9.52 Å². The van der Waals surface area contributed by atoms with Crippen molar-refractivity contribution in [3.05, 3.63) is 77.5 Å². The van der Waals surface area contributed by atoms with E-state index in [2.05, 4.69) is 28.5 Å². The van der Waals surface area contributed by atoms with Gasteiger partial charge in [0.2, 0.25) is 17.7 Å². The van der Waals surface area contributed by atoms with Gasteiger partial charge in [-0.2, -0.15) is 11.3 Å². The third-order valence-electron chi connectivity index (χ3n) is 5.76. The molecule has 0 fully saturated rings. The van der Waals surface area contributed by atoms with Gasteiger partial charge >= 0.3 is 0 Å². The van der Waals surface area contributed by atoms with E-state index in [1.165, 1.54) is 0 Å². The van der Waals surface area contributed by atoms with Crippen LogP contribution in [0.3, 0.4) is 0 Å². The summed E-state index contributed by atoms with van der Waals surface area (Å²) in [5, 5.41) is 19.9. The van der Waals surface area contributed by atoms with Gasteiger partial charge in [-0.15, -0.1) is 0 Å². The van der Waals surface area contributed by atoms with Gasteiger partial charge in [0.25, 0.3) is 0 Å². The maximum Gasteiger partial charge on any atom is 0.233 e. The van der Waals surface area contributed by atoms with Gasteiger partial charge in [-0.05, 0) is 51.9 Å². The number of aromatic nitrogens is 1. The normalized spacial score (nSPS) is 11.1.